The highest BCUT2D eigenvalue weighted by molar-refractivity contribution is 5.79. The van der Waals surface area contributed by atoms with Crippen LogP contribution in [0.1, 0.15) is 50.5 Å². The highest BCUT2D eigenvalue weighted by Gasteiger charge is 2.20. The zero-order valence-corrected chi connectivity index (χ0v) is 25.4. The van der Waals surface area contributed by atoms with E-state index in [1.165, 1.54) is 0 Å². The lowest BCUT2D eigenvalue weighted by Crippen LogP contribution is -2.12. The maximum Gasteiger partial charge on any atom is 0.243 e. The fraction of sp³-hybridized carbons (Fsp3) is 0.189. The fourth-order valence-corrected chi connectivity index (χ4v) is 4.91. The van der Waals surface area contributed by atoms with E-state index in [4.69, 9.17) is 19.2 Å². The van der Waals surface area contributed by atoms with Crippen molar-refractivity contribution < 1.29 is 14.2 Å². The minimum atomic E-state index is -0.111. The van der Waals surface area contributed by atoms with E-state index in [1.54, 1.807) is 6.20 Å². The SMILES string of the molecule is CC(OCc1ccc(Oc2ccccc2)cc1)c1ccc2nc(Nc3cccnc3Oc3ccccc3C(C)(C)C)[nH]c2c1. The number of nitrogens with one attached hydrogen (secondary N) is 2. The van der Waals surface area contributed by atoms with Gasteiger partial charge in [-0.3, -0.25) is 0 Å². The van der Waals surface area contributed by atoms with Crippen LogP contribution in [0.4, 0.5) is 11.6 Å². The van der Waals surface area contributed by atoms with Crippen molar-refractivity contribution in [2.45, 2.75) is 45.8 Å². The van der Waals surface area contributed by atoms with Gasteiger partial charge < -0.3 is 24.5 Å². The van der Waals surface area contributed by atoms with Crippen molar-refractivity contribution in [3.63, 3.8) is 0 Å². The number of anilines is 2. The number of pyridine rings is 1. The van der Waals surface area contributed by atoms with Crippen molar-refractivity contribution in [2.75, 3.05) is 5.32 Å². The number of imidazole rings is 1. The van der Waals surface area contributed by atoms with Crippen LogP contribution in [0.3, 0.4) is 0 Å². The summed E-state index contributed by atoms with van der Waals surface area (Å²) in [5.41, 5.74) is 5.64. The van der Waals surface area contributed by atoms with Gasteiger partial charge in [-0.15, -0.1) is 0 Å². The Bertz CT molecular complexity index is 1840. The van der Waals surface area contributed by atoms with E-state index in [0.717, 1.165) is 45.0 Å². The molecule has 222 valence electrons. The average Bonchev–Trinajstić information content (AvgIpc) is 3.43. The Morgan fingerprint density at radius 2 is 1.55 bits per heavy atom. The van der Waals surface area contributed by atoms with E-state index in [2.05, 4.69) is 61.2 Å². The molecule has 2 heterocycles. The van der Waals surface area contributed by atoms with Crippen molar-refractivity contribution in [1.82, 2.24) is 15.0 Å². The van der Waals surface area contributed by atoms with Gasteiger partial charge >= 0.3 is 0 Å². The molecule has 0 spiro atoms. The molecule has 44 heavy (non-hydrogen) atoms. The van der Waals surface area contributed by atoms with Crippen molar-refractivity contribution in [2.24, 2.45) is 0 Å². The standard InChI is InChI=1S/C37H36N4O3/c1-25(42-24-26-16-19-29(20-17-26)43-28-11-6-5-7-12-28)27-18-21-31-33(23-27)41-36(39-31)40-32-14-10-22-38-35(32)44-34-15-9-8-13-30(34)37(2,3)4/h5-23,25H,24H2,1-4H3,(H2,39,40,41). The van der Waals surface area contributed by atoms with Crippen molar-refractivity contribution in [3.8, 4) is 23.1 Å². The molecule has 0 amide bonds. The van der Waals surface area contributed by atoms with Gasteiger partial charge in [0.2, 0.25) is 11.8 Å². The molecule has 0 saturated heterocycles. The highest BCUT2D eigenvalue weighted by atomic mass is 16.5. The van der Waals surface area contributed by atoms with Crippen molar-refractivity contribution in [1.29, 1.82) is 0 Å². The van der Waals surface area contributed by atoms with E-state index in [1.807, 2.05) is 91.0 Å². The van der Waals surface area contributed by atoms with Gasteiger partial charge in [-0.1, -0.05) is 75.4 Å². The van der Waals surface area contributed by atoms with Crippen LogP contribution < -0.4 is 14.8 Å². The van der Waals surface area contributed by atoms with Crippen LogP contribution in [0, 0.1) is 0 Å². The third-order valence-electron chi connectivity index (χ3n) is 7.30. The molecular formula is C37H36N4O3. The molecule has 4 aromatic carbocycles. The van der Waals surface area contributed by atoms with Gasteiger partial charge in [0.1, 0.15) is 22.9 Å². The number of aromatic nitrogens is 3. The van der Waals surface area contributed by atoms with Gasteiger partial charge in [-0.25, -0.2) is 9.97 Å². The van der Waals surface area contributed by atoms with E-state index < -0.39 is 0 Å². The summed E-state index contributed by atoms with van der Waals surface area (Å²) in [5, 5.41) is 3.36. The van der Waals surface area contributed by atoms with Gasteiger partial charge in [0.15, 0.2) is 0 Å². The Balaban J connectivity index is 1.11. The molecule has 0 aliphatic rings. The summed E-state index contributed by atoms with van der Waals surface area (Å²) in [7, 11) is 0. The Hall–Kier alpha value is -5.14. The molecular weight excluding hydrogens is 548 g/mol. The number of para-hydroxylation sites is 2. The van der Waals surface area contributed by atoms with Crippen LogP contribution in [0.5, 0.6) is 23.1 Å². The quantitative estimate of drug-likeness (QED) is 0.167. The lowest BCUT2D eigenvalue weighted by atomic mass is 9.86. The molecule has 2 N–H and O–H groups in total. The molecule has 1 atom stereocenters. The van der Waals surface area contributed by atoms with E-state index in [9.17, 15) is 0 Å². The van der Waals surface area contributed by atoms with Crippen molar-refractivity contribution >= 4 is 22.7 Å². The first kappa shape index (κ1) is 29.0. The predicted molar refractivity (Wildman–Crippen MR) is 175 cm³/mol. The summed E-state index contributed by atoms with van der Waals surface area (Å²) in [6, 6.07) is 35.7. The van der Waals surface area contributed by atoms with Gasteiger partial charge in [-0.05, 0) is 78.1 Å². The molecule has 6 rings (SSSR count). The molecule has 2 aromatic heterocycles. The predicted octanol–water partition coefficient (Wildman–Crippen LogP) is 9.86. The van der Waals surface area contributed by atoms with E-state index in [-0.39, 0.29) is 11.5 Å². The minimum absolute atomic E-state index is 0.0711. The van der Waals surface area contributed by atoms with Crippen LogP contribution in [-0.2, 0) is 16.8 Å². The van der Waals surface area contributed by atoms with Crippen LogP contribution in [0.15, 0.2) is 115 Å². The molecule has 1 unspecified atom stereocenters. The third-order valence-corrected chi connectivity index (χ3v) is 7.30. The van der Waals surface area contributed by atoms with Gasteiger partial charge in [0.05, 0.1) is 23.7 Å². The molecule has 0 aliphatic carbocycles. The summed E-state index contributed by atoms with van der Waals surface area (Å²) < 4.78 is 18.4. The molecule has 0 saturated carbocycles. The Morgan fingerprint density at radius 1 is 0.795 bits per heavy atom. The topological polar surface area (TPSA) is 81.3 Å². The lowest BCUT2D eigenvalue weighted by Gasteiger charge is -2.22. The number of H-pyrrole nitrogens is 1. The third kappa shape index (κ3) is 6.90. The van der Waals surface area contributed by atoms with Crippen LogP contribution in [0.25, 0.3) is 11.0 Å². The Kier molecular flexibility index (Phi) is 8.30. The normalized spacial score (nSPS) is 12.2. The first-order chi connectivity index (χ1) is 21.3. The minimum Gasteiger partial charge on any atom is -0.457 e. The number of nitrogens with zero attached hydrogens (tertiary/aromatic N) is 2. The molecule has 0 aliphatic heterocycles. The summed E-state index contributed by atoms with van der Waals surface area (Å²) in [6.07, 6.45) is 1.61. The van der Waals surface area contributed by atoms with Crippen LogP contribution in [0.2, 0.25) is 0 Å². The summed E-state index contributed by atoms with van der Waals surface area (Å²) in [5.74, 6) is 3.47. The summed E-state index contributed by atoms with van der Waals surface area (Å²) in [4.78, 5) is 12.6. The van der Waals surface area contributed by atoms with E-state index in [0.29, 0.717) is 24.1 Å². The fourth-order valence-electron chi connectivity index (χ4n) is 4.91. The molecule has 0 bridgehead atoms. The maximum atomic E-state index is 6.32. The summed E-state index contributed by atoms with van der Waals surface area (Å²) >= 11 is 0. The maximum absolute atomic E-state index is 6.32. The zero-order valence-electron chi connectivity index (χ0n) is 25.4. The second-order valence-electron chi connectivity index (χ2n) is 11.7. The number of rotatable bonds is 10. The molecule has 0 fully saturated rings. The number of hydrogen-bond acceptors (Lipinski definition) is 6. The van der Waals surface area contributed by atoms with Gasteiger partial charge in [0.25, 0.3) is 0 Å². The second kappa shape index (κ2) is 12.6. The van der Waals surface area contributed by atoms with Crippen LogP contribution in [-0.4, -0.2) is 15.0 Å². The molecule has 7 nitrogen and oxygen atoms in total. The first-order valence-electron chi connectivity index (χ1n) is 14.7. The lowest BCUT2D eigenvalue weighted by molar-refractivity contribution is 0.0526. The second-order valence-corrected chi connectivity index (χ2v) is 11.7. The van der Waals surface area contributed by atoms with Gasteiger partial charge in [-0.2, -0.15) is 0 Å². The number of fused-ring (bicyclic) bond motifs is 1. The number of aromatic amines is 1. The van der Waals surface area contributed by atoms with Gasteiger partial charge in [0, 0.05) is 11.8 Å². The monoisotopic (exact) mass is 584 g/mol. The van der Waals surface area contributed by atoms with Crippen LogP contribution >= 0.6 is 0 Å². The Morgan fingerprint density at radius 3 is 2.34 bits per heavy atom. The summed E-state index contributed by atoms with van der Waals surface area (Å²) in [6.45, 7) is 9.05. The molecule has 6 aromatic rings. The number of hydrogen-bond donors (Lipinski definition) is 2. The number of benzene rings is 4. The first-order valence-corrected chi connectivity index (χ1v) is 14.7. The Labute approximate surface area is 257 Å². The van der Waals surface area contributed by atoms with E-state index >= 15 is 0 Å². The largest absolute Gasteiger partial charge is 0.457 e. The smallest absolute Gasteiger partial charge is 0.243 e. The molecule has 7 heteroatoms. The average molecular weight is 585 g/mol. The number of ether oxygens (including phenoxy) is 3. The molecule has 0 radical (unpaired) electrons. The highest BCUT2D eigenvalue weighted by Crippen LogP contribution is 2.36. The van der Waals surface area contributed by atoms with Crippen molar-refractivity contribution in [3.05, 3.63) is 132 Å². The zero-order chi connectivity index (χ0) is 30.5.